The highest BCUT2D eigenvalue weighted by atomic mass is 35.5. The molecule has 1 aromatic carbocycles. The molecule has 0 spiro atoms. The lowest BCUT2D eigenvalue weighted by Gasteiger charge is -2.19. The SMILES string of the molecule is CNC(=O)c1ccc(Cl)c(N2CC(CN=[N+]=[N-])CC2=O)c1. The molecule has 0 saturated carbocycles. The lowest BCUT2D eigenvalue weighted by atomic mass is 10.1. The summed E-state index contributed by atoms with van der Waals surface area (Å²) in [5.74, 6) is -0.373. The number of carbonyl (C=O) groups is 2. The quantitative estimate of drug-likeness (QED) is 0.524. The van der Waals surface area contributed by atoms with Gasteiger partial charge in [0.25, 0.3) is 5.91 Å². The van der Waals surface area contributed by atoms with Gasteiger partial charge in [-0.15, -0.1) is 0 Å². The molecule has 1 heterocycles. The van der Waals surface area contributed by atoms with Crippen molar-refractivity contribution in [2.24, 2.45) is 11.0 Å². The monoisotopic (exact) mass is 307 g/mol. The highest BCUT2D eigenvalue weighted by molar-refractivity contribution is 6.34. The summed E-state index contributed by atoms with van der Waals surface area (Å²) < 4.78 is 0. The number of azide groups is 1. The van der Waals surface area contributed by atoms with Crippen molar-refractivity contribution in [1.82, 2.24) is 5.32 Å². The van der Waals surface area contributed by atoms with Gasteiger partial charge in [0.05, 0.1) is 10.7 Å². The maximum absolute atomic E-state index is 12.1. The average Bonchev–Trinajstić information content (AvgIpc) is 2.85. The van der Waals surface area contributed by atoms with E-state index in [1.807, 2.05) is 0 Å². The summed E-state index contributed by atoms with van der Waals surface area (Å²) >= 11 is 6.13. The molecule has 1 saturated heterocycles. The molecular weight excluding hydrogens is 294 g/mol. The van der Waals surface area contributed by atoms with Crippen LogP contribution in [0.1, 0.15) is 16.8 Å². The normalized spacial score (nSPS) is 17.5. The highest BCUT2D eigenvalue weighted by Crippen LogP contribution is 2.32. The fourth-order valence-electron chi connectivity index (χ4n) is 2.29. The number of halogens is 1. The molecule has 0 aromatic heterocycles. The van der Waals surface area contributed by atoms with E-state index in [2.05, 4.69) is 15.3 Å². The number of benzene rings is 1. The molecule has 1 atom stereocenters. The van der Waals surface area contributed by atoms with Crippen LogP contribution in [0.15, 0.2) is 23.3 Å². The van der Waals surface area contributed by atoms with E-state index in [0.717, 1.165) is 0 Å². The molecular formula is C13H14ClN5O2. The lowest BCUT2D eigenvalue weighted by molar-refractivity contribution is -0.117. The molecule has 1 aliphatic heterocycles. The Morgan fingerprint density at radius 2 is 2.38 bits per heavy atom. The Bertz CT molecular complexity index is 627. The van der Waals surface area contributed by atoms with Gasteiger partial charge < -0.3 is 10.2 Å². The van der Waals surface area contributed by atoms with Crippen LogP contribution in [0.2, 0.25) is 5.02 Å². The summed E-state index contributed by atoms with van der Waals surface area (Å²) in [4.78, 5) is 28.0. The second kappa shape index (κ2) is 6.47. The van der Waals surface area contributed by atoms with Crippen molar-refractivity contribution in [1.29, 1.82) is 0 Å². The number of amides is 2. The maximum Gasteiger partial charge on any atom is 0.251 e. The third-order valence-corrected chi connectivity index (χ3v) is 3.65. The van der Waals surface area contributed by atoms with Gasteiger partial charge in [0.2, 0.25) is 5.91 Å². The topological polar surface area (TPSA) is 98.2 Å². The fraction of sp³-hybridized carbons (Fsp3) is 0.385. The van der Waals surface area contributed by atoms with Crippen molar-refractivity contribution in [3.63, 3.8) is 0 Å². The number of carbonyl (C=O) groups excluding carboxylic acids is 2. The summed E-state index contributed by atoms with van der Waals surface area (Å²) in [7, 11) is 1.54. The van der Waals surface area contributed by atoms with Gasteiger partial charge >= 0.3 is 0 Å². The number of anilines is 1. The van der Waals surface area contributed by atoms with Gasteiger partial charge in [-0.3, -0.25) is 9.59 Å². The maximum atomic E-state index is 12.1. The zero-order valence-electron chi connectivity index (χ0n) is 11.4. The molecule has 1 unspecified atom stereocenters. The van der Waals surface area contributed by atoms with Crippen LogP contribution in [0.5, 0.6) is 0 Å². The first kappa shape index (κ1) is 15.2. The summed E-state index contributed by atoms with van der Waals surface area (Å²) in [5.41, 5.74) is 9.28. The number of hydrogen-bond donors (Lipinski definition) is 1. The van der Waals surface area contributed by atoms with E-state index in [1.165, 1.54) is 11.9 Å². The molecule has 2 rings (SSSR count). The molecule has 0 aliphatic carbocycles. The van der Waals surface area contributed by atoms with Crippen molar-refractivity contribution in [3.05, 3.63) is 39.2 Å². The molecule has 7 nitrogen and oxygen atoms in total. The molecule has 0 radical (unpaired) electrons. The lowest BCUT2D eigenvalue weighted by Crippen LogP contribution is -2.26. The number of nitrogens with one attached hydrogen (secondary N) is 1. The van der Waals surface area contributed by atoms with E-state index in [0.29, 0.717) is 29.2 Å². The van der Waals surface area contributed by atoms with Crippen LogP contribution in [0.25, 0.3) is 10.4 Å². The van der Waals surface area contributed by atoms with Gasteiger partial charge in [0.1, 0.15) is 0 Å². The first-order chi connectivity index (χ1) is 10.1. The molecule has 1 fully saturated rings. The van der Waals surface area contributed by atoms with E-state index in [-0.39, 0.29) is 24.3 Å². The van der Waals surface area contributed by atoms with Gasteiger partial charge in [-0.25, -0.2) is 0 Å². The molecule has 0 bridgehead atoms. The average molecular weight is 308 g/mol. The van der Waals surface area contributed by atoms with Crippen molar-refractivity contribution in [2.75, 3.05) is 25.0 Å². The van der Waals surface area contributed by atoms with Gasteiger partial charge in [-0.2, -0.15) is 0 Å². The Morgan fingerprint density at radius 1 is 1.62 bits per heavy atom. The van der Waals surface area contributed by atoms with Crippen molar-refractivity contribution in [2.45, 2.75) is 6.42 Å². The zero-order chi connectivity index (χ0) is 15.4. The molecule has 110 valence electrons. The largest absolute Gasteiger partial charge is 0.355 e. The van der Waals surface area contributed by atoms with Crippen LogP contribution >= 0.6 is 11.6 Å². The molecule has 21 heavy (non-hydrogen) atoms. The van der Waals surface area contributed by atoms with Gasteiger partial charge in [0, 0.05) is 37.0 Å². The van der Waals surface area contributed by atoms with Crippen LogP contribution in [0.3, 0.4) is 0 Å². The molecule has 8 heteroatoms. The minimum absolute atomic E-state index is 0.0341. The standard InChI is InChI=1S/C13H14ClN5O2/c1-16-13(21)9-2-3-10(14)11(5-9)19-7-8(4-12(19)20)6-17-18-15/h2-3,5,8H,4,6-7H2,1H3,(H,16,21). The van der Waals surface area contributed by atoms with Crippen LogP contribution in [0, 0.1) is 5.92 Å². The third-order valence-electron chi connectivity index (χ3n) is 3.33. The van der Waals surface area contributed by atoms with Crippen molar-refractivity contribution in [3.8, 4) is 0 Å². The molecule has 1 aliphatic rings. The number of rotatable bonds is 4. The smallest absolute Gasteiger partial charge is 0.251 e. The third kappa shape index (κ3) is 3.26. The molecule has 2 amide bonds. The van der Waals surface area contributed by atoms with E-state index < -0.39 is 0 Å². The Labute approximate surface area is 126 Å². The van der Waals surface area contributed by atoms with E-state index >= 15 is 0 Å². The van der Waals surface area contributed by atoms with Crippen LogP contribution < -0.4 is 10.2 Å². The van der Waals surface area contributed by atoms with Gasteiger partial charge in [-0.1, -0.05) is 16.7 Å². The molecule has 1 aromatic rings. The second-order valence-corrected chi connectivity index (χ2v) is 5.14. The van der Waals surface area contributed by atoms with E-state index in [9.17, 15) is 9.59 Å². The van der Waals surface area contributed by atoms with Crippen molar-refractivity contribution >= 4 is 29.1 Å². The first-order valence-corrected chi connectivity index (χ1v) is 6.77. The number of hydrogen-bond acceptors (Lipinski definition) is 3. The fourth-order valence-corrected chi connectivity index (χ4v) is 2.51. The Kier molecular flexibility index (Phi) is 4.67. The van der Waals surface area contributed by atoms with Gasteiger partial charge in [0.15, 0.2) is 0 Å². The minimum atomic E-state index is -0.245. The predicted molar refractivity (Wildman–Crippen MR) is 79.3 cm³/mol. The minimum Gasteiger partial charge on any atom is -0.355 e. The predicted octanol–water partition coefficient (Wildman–Crippen LogP) is 2.36. The Morgan fingerprint density at radius 3 is 3.05 bits per heavy atom. The van der Waals surface area contributed by atoms with Crippen LogP contribution in [0.4, 0.5) is 5.69 Å². The summed E-state index contributed by atoms with van der Waals surface area (Å²) in [6, 6.07) is 4.78. The second-order valence-electron chi connectivity index (χ2n) is 4.73. The van der Waals surface area contributed by atoms with Crippen LogP contribution in [-0.2, 0) is 4.79 Å². The van der Waals surface area contributed by atoms with Crippen molar-refractivity contribution < 1.29 is 9.59 Å². The van der Waals surface area contributed by atoms with Crippen LogP contribution in [-0.4, -0.2) is 32.0 Å². The Hall–Kier alpha value is -2.24. The highest BCUT2D eigenvalue weighted by Gasteiger charge is 2.31. The van der Waals surface area contributed by atoms with E-state index in [4.69, 9.17) is 17.1 Å². The number of nitrogens with zero attached hydrogens (tertiary/aromatic N) is 4. The zero-order valence-corrected chi connectivity index (χ0v) is 12.2. The summed E-state index contributed by atoms with van der Waals surface area (Å²) in [5, 5.41) is 6.43. The Balaban J connectivity index is 2.27. The first-order valence-electron chi connectivity index (χ1n) is 6.39. The summed E-state index contributed by atoms with van der Waals surface area (Å²) in [6.07, 6.45) is 0.305. The van der Waals surface area contributed by atoms with Gasteiger partial charge in [-0.05, 0) is 29.6 Å². The summed E-state index contributed by atoms with van der Waals surface area (Å²) in [6.45, 7) is 0.695. The van der Waals surface area contributed by atoms with E-state index in [1.54, 1.807) is 18.2 Å². The molecule has 1 N–H and O–H groups in total.